The second kappa shape index (κ2) is 5.75. The molecule has 0 amide bonds. The van der Waals surface area contributed by atoms with E-state index in [1.54, 1.807) is 7.11 Å². The van der Waals surface area contributed by atoms with Gasteiger partial charge in [0.25, 0.3) is 0 Å². The van der Waals surface area contributed by atoms with Crippen LogP contribution in [0.25, 0.3) is 0 Å². The molecule has 0 aromatic heterocycles. The quantitative estimate of drug-likeness (QED) is 0.875. The Bertz CT molecular complexity index is 380. The van der Waals surface area contributed by atoms with Crippen molar-refractivity contribution in [1.82, 2.24) is 5.32 Å². The van der Waals surface area contributed by atoms with E-state index in [-0.39, 0.29) is 5.54 Å². The number of para-hydroxylation sites is 1. The minimum atomic E-state index is 0.110. The summed E-state index contributed by atoms with van der Waals surface area (Å²) in [6, 6.07) is 8.47. The SMILES string of the molecule is COc1ccccc1C1(CC(C)C)CCCCN1. The van der Waals surface area contributed by atoms with Gasteiger partial charge in [0.15, 0.2) is 0 Å². The van der Waals surface area contributed by atoms with Crippen LogP contribution in [0.2, 0.25) is 0 Å². The Labute approximate surface area is 111 Å². The first-order valence-electron chi connectivity index (χ1n) is 7.06. The van der Waals surface area contributed by atoms with Crippen molar-refractivity contribution < 1.29 is 4.74 Å². The summed E-state index contributed by atoms with van der Waals surface area (Å²) in [6.45, 7) is 5.71. The van der Waals surface area contributed by atoms with Gasteiger partial charge >= 0.3 is 0 Å². The predicted octanol–water partition coefficient (Wildman–Crippen LogP) is 3.71. The van der Waals surface area contributed by atoms with Crippen LogP contribution in [0.1, 0.15) is 45.1 Å². The van der Waals surface area contributed by atoms with Crippen LogP contribution >= 0.6 is 0 Å². The lowest BCUT2D eigenvalue weighted by atomic mass is 9.76. The highest BCUT2D eigenvalue weighted by Gasteiger charge is 2.36. The maximum atomic E-state index is 5.57. The summed E-state index contributed by atoms with van der Waals surface area (Å²) in [5, 5.41) is 3.77. The van der Waals surface area contributed by atoms with Crippen LogP contribution in [0.4, 0.5) is 0 Å². The lowest BCUT2D eigenvalue weighted by Crippen LogP contribution is -2.47. The minimum Gasteiger partial charge on any atom is -0.496 e. The van der Waals surface area contributed by atoms with Gasteiger partial charge in [-0.1, -0.05) is 38.5 Å². The molecular formula is C16H25NO. The Kier molecular flexibility index (Phi) is 4.28. The van der Waals surface area contributed by atoms with Gasteiger partial charge in [0.2, 0.25) is 0 Å². The molecule has 1 heterocycles. The summed E-state index contributed by atoms with van der Waals surface area (Å²) in [4.78, 5) is 0. The number of rotatable bonds is 4. The minimum absolute atomic E-state index is 0.110. The average molecular weight is 247 g/mol. The van der Waals surface area contributed by atoms with E-state index in [4.69, 9.17) is 4.74 Å². The van der Waals surface area contributed by atoms with Crippen molar-refractivity contribution in [1.29, 1.82) is 0 Å². The molecule has 18 heavy (non-hydrogen) atoms. The highest BCUT2D eigenvalue weighted by Crippen LogP contribution is 2.40. The summed E-state index contributed by atoms with van der Waals surface area (Å²) >= 11 is 0. The maximum Gasteiger partial charge on any atom is 0.123 e. The summed E-state index contributed by atoms with van der Waals surface area (Å²) < 4.78 is 5.57. The van der Waals surface area contributed by atoms with Crippen molar-refractivity contribution in [2.45, 2.75) is 45.1 Å². The van der Waals surface area contributed by atoms with Gasteiger partial charge < -0.3 is 10.1 Å². The largest absolute Gasteiger partial charge is 0.496 e. The number of nitrogens with one attached hydrogen (secondary N) is 1. The Morgan fingerprint density at radius 1 is 1.28 bits per heavy atom. The molecule has 2 heteroatoms. The molecule has 1 aliphatic heterocycles. The zero-order valence-electron chi connectivity index (χ0n) is 11.8. The monoisotopic (exact) mass is 247 g/mol. The summed E-state index contributed by atoms with van der Waals surface area (Å²) in [6.07, 6.45) is 4.98. The molecule has 1 unspecified atom stereocenters. The van der Waals surface area contributed by atoms with Crippen LogP contribution in [0.15, 0.2) is 24.3 Å². The fourth-order valence-corrected chi connectivity index (χ4v) is 3.22. The highest BCUT2D eigenvalue weighted by molar-refractivity contribution is 5.39. The van der Waals surface area contributed by atoms with Gasteiger partial charge in [0, 0.05) is 11.1 Å². The van der Waals surface area contributed by atoms with E-state index in [9.17, 15) is 0 Å². The molecule has 2 nitrogen and oxygen atoms in total. The van der Waals surface area contributed by atoms with Crippen molar-refractivity contribution in [3.05, 3.63) is 29.8 Å². The standard InChI is InChI=1S/C16H25NO/c1-13(2)12-16(10-6-7-11-17-16)14-8-4-5-9-15(14)18-3/h4-5,8-9,13,17H,6-7,10-12H2,1-3H3. The van der Waals surface area contributed by atoms with Crippen LogP contribution in [0.5, 0.6) is 5.75 Å². The smallest absolute Gasteiger partial charge is 0.123 e. The molecule has 1 saturated heterocycles. The molecule has 1 aromatic carbocycles. The lowest BCUT2D eigenvalue weighted by Gasteiger charge is -2.41. The van der Waals surface area contributed by atoms with Gasteiger partial charge in [-0.25, -0.2) is 0 Å². The van der Waals surface area contributed by atoms with Gasteiger partial charge in [0.05, 0.1) is 7.11 Å². The van der Waals surface area contributed by atoms with E-state index >= 15 is 0 Å². The second-order valence-corrected chi connectivity index (χ2v) is 5.76. The van der Waals surface area contributed by atoms with E-state index in [0.29, 0.717) is 5.92 Å². The Hall–Kier alpha value is -1.02. The van der Waals surface area contributed by atoms with Crippen LogP contribution in [0, 0.1) is 5.92 Å². The van der Waals surface area contributed by atoms with E-state index < -0.39 is 0 Å². The topological polar surface area (TPSA) is 21.3 Å². The molecule has 0 bridgehead atoms. The Morgan fingerprint density at radius 3 is 2.67 bits per heavy atom. The molecule has 100 valence electrons. The van der Waals surface area contributed by atoms with E-state index in [0.717, 1.165) is 12.3 Å². The Balaban J connectivity index is 2.38. The first kappa shape index (κ1) is 13.4. The molecule has 0 aliphatic carbocycles. The molecule has 1 aromatic rings. The number of benzene rings is 1. The van der Waals surface area contributed by atoms with Crippen LogP contribution in [-0.2, 0) is 5.54 Å². The van der Waals surface area contributed by atoms with Gasteiger partial charge in [-0.2, -0.15) is 0 Å². The molecule has 1 N–H and O–H groups in total. The Morgan fingerprint density at radius 2 is 2.06 bits per heavy atom. The van der Waals surface area contributed by atoms with Gasteiger partial charge in [-0.3, -0.25) is 0 Å². The second-order valence-electron chi connectivity index (χ2n) is 5.76. The van der Waals surface area contributed by atoms with E-state index in [2.05, 4.69) is 37.4 Å². The summed E-state index contributed by atoms with van der Waals surface area (Å²) in [5.74, 6) is 1.70. The van der Waals surface area contributed by atoms with Gasteiger partial charge in [-0.05, 0) is 37.8 Å². The highest BCUT2D eigenvalue weighted by atomic mass is 16.5. The van der Waals surface area contributed by atoms with Crippen LogP contribution in [-0.4, -0.2) is 13.7 Å². The van der Waals surface area contributed by atoms with Crippen molar-refractivity contribution in [2.24, 2.45) is 5.92 Å². The number of methoxy groups -OCH3 is 1. The zero-order valence-corrected chi connectivity index (χ0v) is 11.8. The molecular weight excluding hydrogens is 222 g/mol. The fourth-order valence-electron chi connectivity index (χ4n) is 3.22. The molecule has 2 rings (SSSR count). The molecule has 1 fully saturated rings. The number of ether oxygens (including phenoxy) is 1. The molecule has 0 radical (unpaired) electrons. The predicted molar refractivity (Wildman–Crippen MR) is 76.0 cm³/mol. The third-order valence-corrected chi connectivity index (χ3v) is 3.87. The van der Waals surface area contributed by atoms with E-state index in [1.807, 2.05) is 6.07 Å². The normalized spacial score (nSPS) is 24.2. The maximum absolute atomic E-state index is 5.57. The third-order valence-electron chi connectivity index (χ3n) is 3.87. The molecule has 0 spiro atoms. The van der Waals surface area contributed by atoms with Crippen molar-refractivity contribution in [2.75, 3.05) is 13.7 Å². The molecule has 0 saturated carbocycles. The average Bonchev–Trinajstić information content (AvgIpc) is 2.39. The van der Waals surface area contributed by atoms with Gasteiger partial charge in [0.1, 0.15) is 5.75 Å². The third kappa shape index (κ3) is 2.69. The molecule has 1 atom stereocenters. The first-order valence-corrected chi connectivity index (χ1v) is 7.06. The van der Waals surface area contributed by atoms with Crippen molar-refractivity contribution in [3.8, 4) is 5.75 Å². The number of hydrogen-bond donors (Lipinski definition) is 1. The van der Waals surface area contributed by atoms with Crippen LogP contribution in [0.3, 0.4) is 0 Å². The summed E-state index contributed by atoms with van der Waals surface area (Å²) in [7, 11) is 1.77. The number of piperidine rings is 1. The van der Waals surface area contributed by atoms with Crippen LogP contribution < -0.4 is 10.1 Å². The van der Waals surface area contributed by atoms with Gasteiger partial charge in [-0.15, -0.1) is 0 Å². The van der Waals surface area contributed by atoms with Crippen molar-refractivity contribution >= 4 is 0 Å². The van der Waals surface area contributed by atoms with Crippen molar-refractivity contribution in [3.63, 3.8) is 0 Å². The zero-order chi connectivity index (χ0) is 13.0. The summed E-state index contributed by atoms with van der Waals surface area (Å²) in [5.41, 5.74) is 1.44. The first-order chi connectivity index (χ1) is 8.68. The van der Waals surface area contributed by atoms with E-state index in [1.165, 1.54) is 31.2 Å². The number of hydrogen-bond acceptors (Lipinski definition) is 2. The lowest BCUT2D eigenvalue weighted by molar-refractivity contribution is 0.207. The fraction of sp³-hybridized carbons (Fsp3) is 0.625. The molecule has 1 aliphatic rings.